The zero-order valence-electron chi connectivity index (χ0n) is 19.2. The monoisotopic (exact) mass is 546 g/mol. The molecular weight excluding hydrogens is 527 g/mol. The number of carbonyl (C=O) groups is 2. The molecule has 8 nitrogen and oxygen atoms in total. The van der Waals surface area contributed by atoms with Gasteiger partial charge >= 0.3 is 11.9 Å². The lowest BCUT2D eigenvalue weighted by atomic mass is 9.96. The van der Waals surface area contributed by atoms with Crippen molar-refractivity contribution in [2.75, 3.05) is 13.2 Å². The summed E-state index contributed by atoms with van der Waals surface area (Å²) < 4.78 is 12.3. The lowest BCUT2D eigenvalue weighted by molar-refractivity contribution is -0.140. The van der Waals surface area contributed by atoms with Gasteiger partial charge in [-0.3, -0.25) is 9.36 Å². The minimum atomic E-state index is -1.17. The Morgan fingerprint density at radius 3 is 2.47 bits per heavy atom. The number of carboxylic acids is 1. The number of hydrogen-bond donors (Lipinski definition) is 1. The van der Waals surface area contributed by atoms with Crippen molar-refractivity contribution in [2.24, 2.45) is 4.99 Å². The normalized spacial score (nSPS) is 15.3. The molecule has 1 aliphatic rings. The number of ether oxygens (including phenoxy) is 2. The van der Waals surface area contributed by atoms with Gasteiger partial charge in [-0.05, 0) is 43.2 Å². The van der Waals surface area contributed by atoms with Gasteiger partial charge in [0.25, 0.3) is 5.56 Å². The van der Waals surface area contributed by atoms with Crippen molar-refractivity contribution in [3.8, 4) is 5.75 Å². The van der Waals surface area contributed by atoms with Crippen LogP contribution in [0.5, 0.6) is 5.75 Å². The quantitative estimate of drug-likeness (QED) is 0.454. The number of halogens is 2. The van der Waals surface area contributed by atoms with Crippen LogP contribution in [0, 0.1) is 0 Å². The summed E-state index contributed by atoms with van der Waals surface area (Å²) in [4.78, 5) is 42.2. The zero-order valence-corrected chi connectivity index (χ0v) is 21.5. The molecule has 0 saturated heterocycles. The highest BCUT2D eigenvalue weighted by atomic mass is 35.5. The van der Waals surface area contributed by atoms with Gasteiger partial charge in [-0.25, -0.2) is 14.6 Å². The minimum absolute atomic E-state index is 0.0399. The molecule has 3 aromatic rings. The Hall–Kier alpha value is -3.40. The van der Waals surface area contributed by atoms with Gasteiger partial charge in [0.05, 0.1) is 38.5 Å². The molecule has 1 aliphatic heterocycles. The first-order chi connectivity index (χ1) is 17.2. The van der Waals surface area contributed by atoms with Gasteiger partial charge in [0.1, 0.15) is 0 Å². The van der Waals surface area contributed by atoms with Crippen molar-refractivity contribution in [1.29, 1.82) is 0 Å². The van der Waals surface area contributed by atoms with E-state index in [4.69, 9.17) is 37.8 Å². The topological polar surface area (TPSA) is 107 Å². The van der Waals surface area contributed by atoms with Crippen molar-refractivity contribution in [2.45, 2.75) is 19.9 Å². The number of aliphatic carboxylic acids is 1. The highest BCUT2D eigenvalue weighted by Gasteiger charge is 2.33. The molecule has 11 heteroatoms. The number of fused-ring (bicyclic) bond motifs is 1. The lowest BCUT2D eigenvalue weighted by Crippen LogP contribution is -2.39. The van der Waals surface area contributed by atoms with E-state index in [1.165, 1.54) is 16.7 Å². The summed E-state index contributed by atoms with van der Waals surface area (Å²) in [5.41, 5.74) is 1.68. The second-order valence-electron chi connectivity index (χ2n) is 7.71. The first-order valence-corrected chi connectivity index (χ1v) is 12.4. The van der Waals surface area contributed by atoms with Crippen LogP contribution in [-0.2, 0) is 14.3 Å². The SMILES string of the molecule is CCOC(=O)C1=C(C)N=c2s/c(=C\c3cc(Cl)c(OCC(=O)O)c(Cl)c3)c(=O)n2C1c1ccccc1. The fourth-order valence-electron chi connectivity index (χ4n) is 3.83. The van der Waals surface area contributed by atoms with Gasteiger partial charge in [0.15, 0.2) is 17.2 Å². The van der Waals surface area contributed by atoms with E-state index in [1.807, 2.05) is 30.3 Å². The maximum Gasteiger partial charge on any atom is 0.341 e. The maximum absolute atomic E-state index is 13.6. The molecule has 0 aliphatic carbocycles. The molecule has 186 valence electrons. The van der Waals surface area contributed by atoms with E-state index in [1.54, 1.807) is 19.9 Å². The Balaban J connectivity index is 1.85. The number of esters is 1. The predicted octanol–water partition coefficient (Wildman–Crippen LogP) is 3.57. The van der Waals surface area contributed by atoms with Crippen LogP contribution in [0.3, 0.4) is 0 Å². The number of nitrogens with zero attached hydrogens (tertiary/aromatic N) is 2. The fourth-order valence-corrected chi connectivity index (χ4v) is 5.49. The van der Waals surface area contributed by atoms with E-state index in [0.717, 1.165) is 16.9 Å². The molecular formula is C25H20Cl2N2O6S. The molecule has 1 aromatic heterocycles. The van der Waals surface area contributed by atoms with Gasteiger partial charge in [0, 0.05) is 0 Å². The van der Waals surface area contributed by atoms with Crippen molar-refractivity contribution >= 4 is 52.6 Å². The van der Waals surface area contributed by atoms with Crippen molar-refractivity contribution in [1.82, 2.24) is 4.57 Å². The summed E-state index contributed by atoms with van der Waals surface area (Å²) in [6.07, 6.45) is 1.61. The molecule has 0 spiro atoms. The summed E-state index contributed by atoms with van der Waals surface area (Å²) in [6.45, 7) is 3.03. The molecule has 0 radical (unpaired) electrons. The molecule has 2 heterocycles. The van der Waals surface area contributed by atoms with Crippen LogP contribution in [0.1, 0.15) is 31.0 Å². The summed E-state index contributed by atoms with van der Waals surface area (Å²) >= 11 is 13.7. The van der Waals surface area contributed by atoms with Crippen molar-refractivity contribution < 1.29 is 24.2 Å². The number of rotatable bonds is 7. The molecule has 0 fully saturated rings. The number of hydrogen-bond acceptors (Lipinski definition) is 7. The molecule has 4 rings (SSSR count). The van der Waals surface area contributed by atoms with E-state index in [9.17, 15) is 14.4 Å². The summed E-state index contributed by atoms with van der Waals surface area (Å²) in [6, 6.07) is 11.5. The number of carbonyl (C=O) groups excluding carboxylic acids is 1. The largest absolute Gasteiger partial charge is 0.479 e. The second-order valence-corrected chi connectivity index (χ2v) is 9.53. The Kier molecular flexibility index (Phi) is 7.63. The van der Waals surface area contributed by atoms with Gasteiger partial charge in [-0.15, -0.1) is 0 Å². The minimum Gasteiger partial charge on any atom is -0.479 e. The van der Waals surface area contributed by atoms with Crippen LogP contribution >= 0.6 is 34.5 Å². The highest BCUT2D eigenvalue weighted by molar-refractivity contribution is 7.07. The average molecular weight is 547 g/mol. The molecule has 1 atom stereocenters. The van der Waals surface area contributed by atoms with Crippen LogP contribution in [0.2, 0.25) is 10.0 Å². The van der Waals surface area contributed by atoms with E-state index in [0.29, 0.717) is 26.2 Å². The third-order valence-electron chi connectivity index (χ3n) is 5.29. The first kappa shape index (κ1) is 25.7. The van der Waals surface area contributed by atoms with Crippen LogP contribution < -0.4 is 19.6 Å². The summed E-state index contributed by atoms with van der Waals surface area (Å²) in [5.74, 6) is -1.66. The lowest BCUT2D eigenvalue weighted by Gasteiger charge is -2.24. The highest BCUT2D eigenvalue weighted by Crippen LogP contribution is 2.34. The maximum atomic E-state index is 13.6. The van der Waals surface area contributed by atoms with Crippen LogP contribution in [0.15, 0.2) is 63.5 Å². The fraction of sp³-hybridized carbons (Fsp3) is 0.200. The van der Waals surface area contributed by atoms with Gasteiger partial charge < -0.3 is 14.6 Å². The van der Waals surface area contributed by atoms with Crippen LogP contribution in [0.4, 0.5) is 0 Å². The molecule has 1 N–H and O–H groups in total. The molecule has 0 amide bonds. The number of carboxylic acid groups (broad SMARTS) is 1. The molecule has 36 heavy (non-hydrogen) atoms. The summed E-state index contributed by atoms with van der Waals surface area (Å²) in [5, 5.41) is 9.03. The predicted molar refractivity (Wildman–Crippen MR) is 136 cm³/mol. The van der Waals surface area contributed by atoms with E-state index >= 15 is 0 Å². The summed E-state index contributed by atoms with van der Waals surface area (Å²) in [7, 11) is 0. The molecule has 0 bridgehead atoms. The van der Waals surface area contributed by atoms with E-state index in [-0.39, 0.29) is 28.0 Å². The van der Waals surface area contributed by atoms with Gasteiger partial charge in [-0.1, -0.05) is 64.9 Å². The van der Waals surface area contributed by atoms with Crippen LogP contribution in [-0.4, -0.2) is 34.8 Å². The zero-order chi connectivity index (χ0) is 26.0. The van der Waals surface area contributed by atoms with Crippen molar-refractivity contribution in [3.63, 3.8) is 0 Å². The molecule has 1 unspecified atom stereocenters. The number of thiazole rings is 1. The van der Waals surface area contributed by atoms with Crippen molar-refractivity contribution in [3.05, 3.63) is 94.6 Å². The van der Waals surface area contributed by atoms with Crippen LogP contribution in [0.25, 0.3) is 6.08 Å². The Labute approximate surface area is 219 Å². The Morgan fingerprint density at radius 2 is 1.86 bits per heavy atom. The molecule has 2 aromatic carbocycles. The smallest absolute Gasteiger partial charge is 0.341 e. The Morgan fingerprint density at radius 1 is 1.19 bits per heavy atom. The standard InChI is InChI=1S/C25H20Cl2N2O6S/c1-3-34-24(33)20-13(2)28-25-29(21(20)15-7-5-4-6-8-15)23(32)18(36-25)11-14-9-16(26)22(17(27)10-14)35-12-19(30)31/h4-11,21H,3,12H2,1-2H3,(H,30,31)/b18-11-. The third kappa shape index (κ3) is 5.09. The first-order valence-electron chi connectivity index (χ1n) is 10.8. The van der Waals surface area contributed by atoms with E-state index < -0.39 is 24.6 Å². The number of aromatic nitrogens is 1. The van der Waals surface area contributed by atoms with E-state index in [2.05, 4.69) is 4.99 Å². The average Bonchev–Trinajstić information content (AvgIpc) is 3.12. The number of allylic oxidation sites excluding steroid dienone is 1. The van der Waals surface area contributed by atoms with Gasteiger partial charge in [0.2, 0.25) is 0 Å². The second kappa shape index (κ2) is 10.7. The number of benzene rings is 2. The third-order valence-corrected chi connectivity index (χ3v) is 6.84. The van der Waals surface area contributed by atoms with Gasteiger partial charge in [-0.2, -0.15) is 0 Å². The molecule has 0 saturated carbocycles. The Bertz CT molecular complexity index is 1540.